The Kier molecular flexibility index (Phi) is 4.73. The zero-order valence-electron chi connectivity index (χ0n) is 14.7. The molecular formula is C16H10F6N6O. The van der Waals surface area contributed by atoms with E-state index in [0.29, 0.717) is 6.07 Å². The van der Waals surface area contributed by atoms with E-state index in [4.69, 9.17) is 10.00 Å². The molecule has 3 rings (SSSR count). The van der Waals surface area contributed by atoms with Crippen LogP contribution in [-0.4, -0.2) is 24.5 Å². The third kappa shape index (κ3) is 4.15. The fourth-order valence-corrected chi connectivity index (χ4v) is 2.39. The fraction of sp³-hybridized carbons (Fsp3) is 0.250. The summed E-state index contributed by atoms with van der Waals surface area (Å²) in [6, 6.07) is 5.49. The number of pyridine rings is 1. The maximum absolute atomic E-state index is 12.9. The minimum absolute atomic E-state index is 0.0297. The van der Waals surface area contributed by atoms with Gasteiger partial charge in [0.25, 0.3) is 0 Å². The molecule has 0 aliphatic rings. The van der Waals surface area contributed by atoms with E-state index in [1.807, 2.05) is 0 Å². The van der Waals surface area contributed by atoms with Crippen LogP contribution >= 0.6 is 0 Å². The van der Waals surface area contributed by atoms with Gasteiger partial charge in [-0.15, -0.1) is 0 Å². The lowest BCUT2D eigenvalue weighted by atomic mass is 10.2. The summed E-state index contributed by atoms with van der Waals surface area (Å²) >= 11 is 0. The van der Waals surface area contributed by atoms with Gasteiger partial charge in [-0.1, -0.05) is 0 Å². The van der Waals surface area contributed by atoms with Gasteiger partial charge >= 0.3 is 12.4 Å². The van der Waals surface area contributed by atoms with Crippen LogP contribution < -0.4 is 4.74 Å². The Balaban J connectivity index is 2.03. The predicted molar refractivity (Wildman–Crippen MR) is 84.4 cm³/mol. The summed E-state index contributed by atoms with van der Waals surface area (Å²) < 4.78 is 84.0. The minimum atomic E-state index is -4.70. The third-order valence-electron chi connectivity index (χ3n) is 3.70. The van der Waals surface area contributed by atoms with Gasteiger partial charge in [-0.25, -0.2) is 9.67 Å². The summed E-state index contributed by atoms with van der Waals surface area (Å²) in [7, 11) is 2.46. The van der Waals surface area contributed by atoms with Crippen molar-refractivity contribution in [3.05, 3.63) is 41.2 Å². The van der Waals surface area contributed by atoms with Gasteiger partial charge in [0.2, 0.25) is 11.8 Å². The molecule has 3 aromatic rings. The Morgan fingerprint density at radius 3 is 2.00 bits per heavy atom. The number of nitrogens with zero attached hydrogens (tertiary/aromatic N) is 6. The average Bonchev–Trinajstić information content (AvgIpc) is 3.17. The number of halogens is 6. The highest BCUT2D eigenvalue weighted by Crippen LogP contribution is 2.34. The van der Waals surface area contributed by atoms with E-state index >= 15 is 0 Å². The van der Waals surface area contributed by atoms with E-state index < -0.39 is 23.7 Å². The molecule has 3 heterocycles. The molecule has 0 N–H and O–H groups in total. The molecule has 0 fully saturated rings. The van der Waals surface area contributed by atoms with Crippen LogP contribution in [0.25, 0.3) is 11.4 Å². The smallest absolute Gasteiger partial charge is 0.421 e. The number of nitriles is 1. The fourth-order valence-electron chi connectivity index (χ4n) is 2.39. The van der Waals surface area contributed by atoms with Crippen molar-refractivity contribution < 1.29 is 31.1 Å². The van der Waals surface area contributed by atoms with Gasteiger partial charge in [-0.2, -0.15) is 41.8 Å². The first-order chi connectivity index (χ1) is 13.4. The summed E-state index contributed by atoms with van der Waals surface area (Å²) in [6.07, 6.45) is -9.39. The van der Waals surface area contributed by atoms with E-state index in [1.165, 1.54) is 20.2 Å². The van der Waals surface area contributed by atoms with Crippen molar-refractivity contribution in [3.8, 4) is 29.2 Å². The normalized spacial score (nSPS) is 12.1. The number of alkyl halides is 6. The van der Waals surface area contributed by atoms with E-state index in [9.17, 15) is 26.3 Å². The molecule has 0 unspecified atom stereocenters. The second kappa shape index (κ2) is 6.80. The lowest BCUT2D eigenvalue weighted by Crippen LogP contribution is -2.06. The number of hydrogen-bond acceptors (Lipinski definition) is 5. The standard InChI is InChI=1S/C16H10F6N6O/c1-27-10(5-11(25-27)15(17,18)19)9-3-8(7-23)4-13(24-9)29-14-6-12(16(20,21)22)26-28(14)2/h3-6H,1-2H3. The molecule has 0 atom stereocenters. The topological polar surface area (TPSA) is 81.5 Å². The lowest BCUT2D eigenvalue weighted by Gasteiger charge is -2.07. The number of hydrogen-bond donors (Lipinski definition) is 0. The molecule has 0 aromatic carbocycles. The Bertz CT molecular complexity index is 1100. The summed E-state index contributed by atoms with van der Waals surface area (Å²) in [5, 5.41) is 15.8. The van der Waals surface area contributed by atoms with Gasteiger partial charge in [0.15, 0.2) is 11.4 Å². The molecular weight excluding hydrogens is 406 g/mol. The van der Waals surface area contributed by atoms with Crippen molar-refractivity contribution >= 4 is 0 Å². The Morgan fingerprint density at radius 1 is 0.897 bits per heavy atom. The van der Waals surface area contributed by atoms with Crippen molar-refractivity contribution in [2.24, 2.45) is 14.1 Å². The monoisotopic (exact) mass is 416 g/mol. The zero-order chi connectivity index (χ0) is 21.6. The van der Waals surface area contributed by atoms with Gasteiger partial charge in [-0.05, 0) is 12.1 Å². The molecule has 0 bridgehead atoms. The highest BCUT2D eigenvalue weighted by molar-refractivity contribution is 5.59. The zero-order valence-corrected chi connectivity index (χ0v) is 14.7. The van der Waals surface area contributed by atoms with Crippen molar-refractivity contribution in [1.82, 2.24) is 24.5 Å². The molecule has 0 aliphatic carbocycles. The van der Waals surface area contributed by atoms with Crippen molar-refractivity contribution in [3.63, 3.8) is 0 Å². The lowest BCUT2D eigenvalue weighted by molar-refractivity contribution is -0.142. The second-order valence-corrected chi connectivity index (χ2v) is 5.82. The van der Waals surface area contributed by atoms with E-state index in [1.54, 1.807) is 6.07 Å². The molecule has 7 nitrogen and oxygen atoms in total. The quantitative estimate of drug-likeness (QED) is 0.605. The number of aryl methyl sites for hydroxylation is 2. The van der Waals surface area contributed by atoms with E-state index in [2.05, 4.69) is 15.2 Å². The van der Waals surface area contributed by atoms with Gasteiger partial charge in [0.05, 0.1) is 23.0 Å². The highest BCUT2D eigenvalue weighted by atomic mass is 19.4. The Morgan fingerprint density at radius 2 is 1.48 bits per heavy atom. The maximum Gasteiger partial charge on any atom is 0.435 e. The number of ether oxygens (including phenoxy) is 1. The summed E-state index contributed by atoms with van der Waals surface area (Å²) in [6.45, 7) is 0. The van der Waals surface area contributed by atoms with Crippen LogP contribution in [0.2, 0.25) is 0 Å². The van der Waals surface area contributed by atoms with Gasteiger partial charge in [0.1, 0.15) is 0 Å². The summed E-state index contributed by atoms with van der Waals surface area (Å²) in [4.78, 5) is 3.99. The molecule has 0 radical (unpaired) electrons. The molecule has 0 saturated carbocycles. The highest BCUT2D eigenvalue weighted by Gasteiger charge is 2.36. The van der Waals surface area contributed by atoms with Crippen LogP contribution in [0.1, 0.15) is 17.0 Å². The molecule has 13 heteroatoms. The molecule has 29 heavy (non-hydrogen) atoms. The Labute approximate surface area is 158 Å². The first-order valence-corrected chi connectivity index (χ1v) is 7.71. The third-order valence-corrected chi connectivity index (χ3v) is 3.70. The number of rotatable bonds is 3. The average molecular weight is 416 g/mol. The molecule has 152 valence electrons. The van der Waals surface area contributed by atoms with Gasteiger partial charge in [-0.3, -0.25) is 4.68 Å². The molecule has 0 amide bonds. The van der Waals surface area contributed by atoms with Crippen molar-refractivity contribution in [2.45, 2.75) is 12.4 Å². The molecule has 0 saturated heterocycles. The summed E-state index contributed by atoms with van der Waals surface area (Å²) in [5.74, 6) is -0.627. The van der Waals surface area contributed by atoms with Gasteiger partial charge < -0.3 is 4.74 Å². The number of aromatic nitrogens is 5. The van der Waals surface area contributed by atoms with Crippen molar-refractivity contribution in [1.29, 1.82) is 5.26 Å². The van der Waals surface area contributed by atoms with E-state index in [-0.39, 0.29) is 28.7 Å². The van der Waals surface area contributed by atoms with E-state index in [0.717, 1.165) is 21.5 Å². The molecule has 0 spiro atoms. The maximum atomic E-state index is 12.9. The van der Waals surface area contributed by atoms with Crippen LogP contribution in [-0.2, 0) is 26.4 Å². The Hall–Kier alpha value is -3.56. The minimum Gasteiger partial charge on any atom is -0.421 e. The van der Waals surface area contributed by atoms with Crippen LogP contribution in [0.15, 0.2) is 24.3 Å². The second-order valence-electron chi connectivity index (χ2n) is 5.82. The molecule has 0 aliphatic heterocycles. The van der Waals surface area contributed by atoms with Crippen molar-refractivity contribution in [2.75, 3.05) is 0 Å². The predicted octanol–water partition coefficient (Wildman–Crippen LogP) is 3.92. The SMILES string of the molecule is Cn1nc(C(F)(F)F)cc1Oc1cc(C#N)cc(-c2cc(C(F)(F)F)nn2C)n1. The van der Waals surface area contributed by atoms with Gasteiger partial charge in [0, 0.05) is 26.2 Å². The first kappa shape index (κ1) is 20.2. The van der Waals surface area contributed by atoms with Crippen LogP contribution in [0.3, 0.4) is 0 Å². The van der Waals surface area contributed by atoms with Crippen LogP contribution in [0.5, 0.6) is 11.8 Å². The van der Waals surface area contributed by atoms with Crippen LogP contribution in [0.4, 0.5) is 26.3 Å². The first-order valence-electron chi connectivity index (χ1n) is 7.71. The van der Waals surface area contributed by atoms with Crippen LogP contribution in [0, 0.1) is 11.3 Å². The largest absolute Gasteiger partial charge is 0.435 e. The molecule has 3 aromatic heterocycles. The summed E-state index contributed by atoms with van der Waals surface area (Å²) in [5.41, 5.74) is -2.54.